The SMILES string of the molecule is CN1C(=O)C(=Cc2ccc(-c3cccc([N+](=O)[O-])c3)o2)C(=O)NC1=S. The number of rotatable bonds is 3. The molecule has 2 aromatic rings. The number of amides is 2. The van der Waals surface area contributed by atoms with Gasteiger partial charge in [-0.05, 0) is 30.4 Å². The van der Waals surface area contributed by atoms with Crippen molar-refractivity contribution in [2.45, 2.75) is 0 Å². The van der Waals surface area contributed by atoms with Crippen LogP contribution in [0.4, 0.5) is 5.69 Å². The number of thiocarbonyl (C=S) groups is 1. The van der Waals surface area contributed by atoms with Crippen molar-refractivity contribution < 1.29 is 18.9 Å². The summed E-state index contributed by atoms with van der Waals surface area (Å²) in [6, 6.07) is 9.12. The number of furan rings is 1. The number of non-ortho nitro benzene ring substituents is 1. The van der Waals surface area contributed by atoms with E-state index < -0.39 is 16.7 Å². The fraction of sp³-hybridized carbons (Fsp3) is 0.0625. The average molecular weight is 357 g/mol. The van der Waals surface area contributed by atoms with Crippen LogP contribution >= 0.6 is 12.2 Å². The van der Waals surface area contributed by atoms with Crippen LogP contribution in [-0.2, 0) is 9.59 Å². The van der Waals surface area contributed by atoms with Crippen molar-refractivity contribution in [3.8, 4) is 11.3 Å². The maximum Gasteiger partial charge on any atom is 0.270 e. The van der Waals surface area contributed by atoms with Gasteiger partial charge in [0.1, 0.15) is 17.1 Å². The van der Waals surface area contributed by atoms with Crippen LogP contribution in [0.2, 0.25) is 0 Å². The first-order valence-corrected chi connectivity index (χ1v) is 7.47. The van der Waals surface area contributed by atoms with Crippen LogP contribution in [0.15, 0.2) is 46.4 Å². The fourth-order valence-electron chi connectivity index (χ4n) is 2.25. The van der Waals surface area contributed by atoms with Crippen LogP contribution in [0.25, 0.3) is 17.4 Å². The first-order valence-electron chi connectivity index (χ1n) is 7.06. The lowest BCUT2D eigenvalue weighted by Crippen LogP contribution is -2.52. The van der Waals surface area contributed by atoms with Crippen LogP contribution in [0, 0.1) is 10.1 Å². The molecular formula is C16H11N3O5S. The number of hydrogen-bond donors (Lipinski definition) is 1. The highest BCUT2D eigenvalue weighted by Crippen LogP contribution is 2.27. The molecule has 0 saturated carbocycles. The third kappa shape index (κ3) is 3.17. The van der Waals surface area contributed by atoms with Gasteiger partial charge in [0.15, 0.2) is 5.11 Å². The quantitative estimate of drug-likeness (QED) is 0.296. The van der Waals surface area contributed by atoms with Crippen molar-refractivity contribution in [1.82, 2.24) is 10.2 Å². The zero-order valence-corrected chi connectivity index (χ0v) is 13.7. The second-order valence-corrected chi connectivity index (χ2v) is 5.58. The zero-order valence-electron chi connectivity index (χ0n) is 12.9. The third-order valence-electron chi connectivity index (χ3n) is 3.56. The van der Waals surface area contributed by atoms with Crippen molar-refractivity contribution in [2.24, 2.45) is 0 Å². The summed E-state index contributed by atoms with van der Waals surface area (Å²) in [7, 11) is 1.45. The molecule has 0 bridgehead atoms. The van der Waals surface area contributed by atoms with Gasteiger partial charge < -0.3 is 4.42 Å². The molecule has 9 heteroatoms. The molecule has 0 radical (unpaired) electrons. The number of nitrogens with zero attached hydrogens (tertiary/aromatic N) is 2. The predicted molar refractivity (Wildman–Crippen MR) is 92.3 cm³/mol. The lowest BCUT2D eigenvalue weighted by molar-refractivity contribution is -0.384. The van der Waals surface area contributed by atoms with Gasteiger partial charge in [-0.3, -0.25) is 29.9 Å². The molecule has 8 nitrogen and oxygen atoms in total. The Morgan fingerprint density at radius 1 is 1.28 bits per heavy atom. The summed E-state index contributed by atoms with van der Waals surface area (Å²) in [6.07, 6.45) is 1.30. The highest BCUT2D eigenvalue weighted by atomic mass is 32.1. The minimum Gasteiger partial charge on any atom is -0.457 e. The zero-order chi connectivity index (χ0) is 18.1. The molecule has 0 unspecified atom stereocenters. The third-order valence-corrected chi connectivity index (χ3v) is 3.94. The van der Waals surface area contributed by atoms with E-state index in [1.807, 2.05) is 0 Å². The Kier molecular flexibility index (Phi) is 4.15. The molecule has 1 aliphatic heterocycles. The Morgan fingerprint density at radius 3 is 2.76 bits per heavy atom. The van der Waals surface area contributed by atoms with E-state index in [0.29, 0.717) is 11.3 Å². The molecule has 2 heterocycles. The number of nitrogens with one attached hydrogen (secondary N) is 1. The summed E-state index contributed by atoms with van der Waals surface area (Å²) in [5.41, 5.74) is 0.332. The summed E-state index contributed by atoms with van der Waals surface area (Å²) < 4.78 is 5.58. The number of carbonyl (C=O) groups excluding carboxylic acids is 2. The van der Waals surface area contributed by atoms with Crippen LogP contribution in [-0.4, -0.2) is 33.8 Å². The van der Waals surface area contributed by atoms with Gasteiger partial charge in [-0.2, -0.15) is 0 Å². The van der Waals surface area contributed by atoms with Crippen LogP contribution < -0.4 is 5.32 Å². The monoisotopic (exact) mass is 357 g/mol. The molecule has 1 aromatic carbocycles. The van der Waals surface area contributed by atoms with Gasteiger partial charge in [-0.1, -0.05) is 12.1 Å². The Balaban J connectivity index is 1.93. The number of likely N-dealkylation sites (N-methyl/N-ethyl adjacent to an activating group) is 1. The Morgan fingerprint density at radius 2 is 2.04 bits per heavy atom. The van der Waals surface area contributed by atoms with Crippen molar-refractivity contribution >= 4 is 40.9 Å². The number of nitro benzene ring substituents is 1. The standard InChI is InChI=1S/C16H11N3O5S/c1-18-15(21)12(14(20)17-16(18)25)8-11-5-6-13(24-11)9-3-2-4-10(7-9)19(22)23/h2-8H,1H3,(H,17,20,25). The summed E-state index contributed by atoms with van der Waals surface area (Å²) >= 11 is 4.87. The van der Waals surface area contributed by atoms with Gasteiger partial charge in [-0.25, -0.2) is 0 Å². The first kappa shape index (κ1) is 16.5. The lowest BCUT2D eigenvalue weighted by atomic mass is 10.1. The van der Waals surface area contributed by atoms with Crippen LogP contribution in [0.1, 0.15) is 5.76 Å². The molecule has 1 N–H and O–H groups in total. The molecule has 1 aromatic heterocycles. The highest BCUT2D eigenvalue weighted by molar-refractivity contribution is 7.80. The van der Waals surface area contributed by atoms with Gasteiger partial charge in [0.2, 0.25) is 0 Å². The lowest BCUT2D eigenvalue weighted by Gasteiger charge is -2.24. The number of benzene rings is 1. The van der Waals surface area contributed by atoms with Gasteiger partial charge in [-0.15, -0.1) is 0 Å². The molecule has 3 rings (SSSR count). The second kappa shape index (κ2) is 6.29. The number of nitro groups is 1. The Labute approximate surface area is 146 Å². The van der Waals surface area contributed by atoms with E-state index in [-0.39, 0.29) is 22.1 Å². The average Bonchev–Trinajstić information content (AvgIpc) is 3.05. The van der Waals surface area contributed by atoms with Crippen LogP contribution in [0.5, 0.6) is 0 Å². The Bertz CT molecular complexity index is 947. The molecule has 0 aliphatic carbocycles. The smallest absolute Gasteiger partial charge is 0.270 e. The van der Waals surface area contributed by atoms with E-state index in [4.69, 9.17) is 16.6 Å². The van der Waals surface area contributed by atoms with Crippen molar-refractivity contribution in [3.05, 3.63) is 57.8 Å². The number of carbonyl (C=O) groups is 2. The van der Waals surface area contributed by atoms with E-state index in [2.05, 4.69) is 5.32 Å². The van der Waals surface area contributed by atoms with Gasteiger partial charge in [0.05, 0.1) is 4.92 Å². The molecule has 126 valence electrons. The Hall–Kier alpha value is -3.33. The maximum absolute atomic E-state index is 12.1. The first-order chi connectivity index (χ1) is 11.9. The van der Waals surface area contributed by atoms with Gasteiger partial charge in [0.25, 0.3) is 17.5 Å². The molecule has 25 heavy (non-hydrogen) atoms. The van der Waals surface area contributed by atoms with E-state index in [1.165, 1.54) is 25.3 Å². The fourth-order valence-corrected chi connectivity index (χ4v) is 2.42. The normalized spacial score (nSPS) is 16.3. The molecular weight excluding hydrogens is 346 g/mol. The van der Waals surface area contributed by atoms with Crippen molar-refractivity contribution in [1.29, 1.82) is 0 Å². The number of hydrogen-bond acceptors (Lipinski definition) is 6. The van der Waals surface area contributed by atoms with E-state index >= 15 is 0 Å². The molecule has 0 atom stereocenters. The molecule has 1 fully saturated rings. The van der Waals surface area contributed by atoms with Crippen molar-refractivity contribution in [2.75, 3.05) is 7.05 Å². The largest absolute Gasteiger partial charge is 0.457 e. The summed E-state index contributed by atoms with van der Waals surface area (Å²) in [6.45, 7) is 0. The van der Waals surface area contributed by atoms with Crippen molar-refractivity contribution in [3.63, 3.8) is 0 Å². The topological polar surface area (TPSA) is 106 Å². The van der Waals surface area contributed by atoms with Gasteiger partial charge >= 0.3 is 0 Å². The summed E-state index contributed by atoms with van der Waals surface area (Å²) in [4.78, 5) is 35.6. The second-order valence-electron chi connectivity index (χ2n) is 5.19. The maximum atomic E-state index is 12.1. The summed E-state index contributed by atoms with van der Waals surface area (Å²) in [5, 5.41) is 13.3. The highest BCUT2D eigenvalue weighted by Gasteiger charge is 2.31. The molecule has 2 amide bonds. The molecule has 1 saturated heterocycles. The van der Waals surface area contributed by atoms with Gasteiger partial charge in [0, 0.05) is 24.7 Å². The molecule has 0 spiro atoms. The van der Waals surface area contributed by atoms with E-state index in [1.54, 1.807) is 24.3 Å². The minimum atomic E-state index is -0.610. The summed E-state index contributed by atoms with van der Waals surface area (Å²) in [5.74, 6) is -0.507. The predicted octanol–water partition coefficient (Wildman–Crippen LogP) is 2.11. The molecule has 1 aliphatic rings. The van der Waals surface area contributed by atoms with E-state index in [9.17, 15) is 19.7 Å². The van der Waals surface area contributed by atoms with Crippen LogP contribution in [0.3, 0.4) is 0 Å². The minimum absolute atomic E-state index is 0.0314. The van der Waals surface area contributed by atoms with E-state index in [0.717, 1.165) is 4.90 Å².